The Bertz CT molecular complexity index is 1270. The van der Waals surface area contributed by atoms with E-state index in [2.05, 4.69) is 15.5 Å². The van der Waals surface area contributed by atoms with Crippen molar-refractivity contribution in [2.75, 3.05) is 0 Å². The molecule has 0 unspecified atom stereocenters. The van der Waals surface area contributed by atoms with Crippen LogP contribution >= 0.6 is 11.6 Å². The number of hydrogen-bond donors (Lipinski definition) is 3. The zero-order chi connectivity index (χ0) is 21.1. The number of amides is 1. The first kappa shape index (κ1) is 19.4. The van der Waals surface area contributed by atoms with Gasteiger partial charge in [-0.25, -0.2) is 10.4 Å². The fraction of sp³-hybridized carbons (Fsp3) is 0. The SMILES string of the molecule is O=C(N/N=C\c1ccc(O)cc1O)c1cc(-c2ccc(Cl)cc2)nc2ccccc12. The Morgan fingerprint density at radius 1 is 1.00 bits per heavy atom. The van der Waals surface area contributed by atoms with E-state index in [-0.39, 0.29) is 11.5 Å². The van der Waals surface area contributed by atoms with Crippen LogP contribution in [0.5, 0.6) is 11.5 Å². The Morgan fingerprint density at radius 2 is 1.77 bits per heavy atom. The molecule has 0 bridgehead atoms. The van der Waals surface area contributed by atoms with Crippen molar-refractivity contribution in [3.05, 3.63) is 88.9 Å². The molecule has 3 aromatic carbocycles. The van der Waals surface area contributed by atoms with Crippen molar-refractivity contribution in [3.63, 3.8) is 0 Å². The lowest BCUT2D eigenvalue weighted by molar-refractivity contribution is 0.0956. The monoisotopic (exact) mass is 417 g/mol. The van der Waals surface area contributed by atoms with Gasteiger partial charge >= 0.3 is 0 Å². The first-order chi connectivity index (χ1) is 14.5. The number of aromatic hydroxyl groups is 2. The molecule has 0 aliphatic carbocycles. The van der Waals surface area contributed by atoms with Crippen molar-refractivity contribution in [1.29, 1.82) is 0 Å². The lowest BCUT2D eigenvalue weighted by Crippen LogP contribution is -2.18. The van der Waals surface area contributed by atoms with Gasteiger partial charge in [0.15, 0.2) is 0 Å². The third kappa shape index (κ3) is 4.09. The molecule has 1 aromatic heterocycles. The van der Waals surface area contributed by atoms with Gasteiger partial charge in [0, 0.05) is 27.6 Å². The Kier molecular flexibility index (Phi) is 5.32. The minimum Gasteiger partial charge on any atom is -0.508 e. The van der Waals surface area contributed by atoms with Crippen LogP contribution < -0.4 is 5.43 Å². The third-order valence-electron chi connectivity index (χ3n) is 4.48. The average Bonchev–Trinajstić information content (AvgIpc) is 2.75. The van der Waals surface area contributed by atoms with Gasteiger partial charge in [0.25, 0.3) is 5.91 Å². The van der Waals surface area contributed by atoms with Crippen molar-refractivity contribution in [3.8, 4) is 22.8 Å². The average molecular weight is 418 g/mol. The summed E-state index contributed by atoms with van der Waals surface area (Å²) in [7, 11) is 0. The van der Waals surface area contributed by atoms with Gasteiger partial charge in [-0.3, -0.25) is 4.79 Å². The van der Waals surface area contributed by atoms with E-state index in [1.54, 1.807) is 18.2 Å². The number of benzene rings is 3. The number of rotatable bonds is 4. The first-order valence-electron chi connectivity index (χ1n) is 9.02. The van der Waals surface area contributed by atoms with Crippen LogP contribution in [0.1, 0.15) is 15.9 Å². The normalized spacial score (nSPS) is 11.1. The number of hydrogen-bond acceptors (Lipinski definition) is 5. The van der Waals surface area contributed by atoms with E-state index >= 15 is 0 Å². The summed E-state index contributed by atoms with van der Waals surface area (Å²) in [5.41, 5.74) is 5.39. The Labute approximate surface area is 177 Å². The number of aromatic nitrogens is 1. The van der Waals surface area contributed by atoms with Gasteiger partial charge in [-0.2, -0.15) is 5.10 Å². The molecule has 3 N–H and O–H groups in total. The number of phenols is 2. The summed E-state index contributed by atoms with van der Waals surface area (Å²) >= 11 is 5.97. The minimum absolute atomic E-state index is 0.0633. The lowest BCUT2D eigenvalue weighted by Gasteiger charge is -2.09. The number of pyridine rings is 1. The number of carbonyl (C=O) groups is 1. The van der Waals surface area contributed by atoms with E-state index in [1.165, 1.54) is 24.4 Å². The van der Waals surface area contributed by atoms with Crippen molar-refractivity contribution in [2.24, 2.45) is 5.10 Å². The number of nitrogens with one attached hydrogen (secondary N) is 1. The second kappa shape index (κ2) is 8.23. The van der Waals surface area contributed by atoms with E-state index in [0.29, 0.717) is 32.7 Å². The van der Waals surface area contributed by atoms with Crippen LogP contribution in [0.25, 0.3) is 22.2 Å². The van der Waals surface area contributed by atoms with Gasteiger partial charge in [-0.05, 0) is 36.4 Å². The van der Waals surface area contributed by atoms with Crippen LogP contribution in [-0.4, -0.2) is 27.3 Å². The maximum Gasteiger partial charge on any atom is 0.272 e. The van der Waals surface area contributed by atoms with Crippen LogP contribution in [-0.2, 0) is 0 Å². The molecule has 0 aliphatic rings. The van der Waals surface area contributed by atoms with E-state index in [1.807, 2.05) is 36.4 Å². The molecule has 148 valence electrons. The highest BCUT2D eigenvalue weighted by molar-refractivity contribution is 6.30. The molecule has 1 heterocycles. The molecule has 4 rings (SSSR count). The number of carbonyl (C=O) groups excluding carboxylic acids is 1. The molecule has 1 amide bonds. The number of para-hydroxylation sites is 1. The van der Waals surface area contributed by atoms with Crippen molar-refractivity contribution in [1.82, 2.24) is 10.4 Å². The maximum atomic E-state index is 12.8. The van der Waals surface area contributed by atoms with Gasteiger partial charge in [-0.15, -0.1) is 0 Å². The number of hydrazone groups is 1. The fourth-order valence-corrected chi connectivity index (χ4v) is 3.12. The zero-order valence-corrected chi connectivity index (χ0v) is 16.3. The molecule has 7 heteroatoms. The van der Waals surface area contributed by atoms with Crippen LogP contribution in [0, 0.1) is 0 Å². The van der Waals surface area contributed by atoms with Crippen LogP contribution in [0.4, 0.5) is 0 Å². The molecular weight excluding hydrogens is 402 g/mol. The quantitative estimate of drug-likeness (QED) is 0.330. The Morgan fingerprint density at radius 3 is 2.53 bits per heavy atom. The summed E-state index contributed by atoms with van der Waals surface area (Å²) in [5.74, 6) is -0.627. The van der Waals surface area contributed by atoms with Gasteiger partial charge < -0.3 is 10.2 Å². The lowest BCUT2D eigenvalue weighted by atomic mass is 10.0. The molecule has 6 nitrogen and oxygen atoms in total. The summed E-state index contributed by atoms with van der Waals surface area (Å²) in [5, 5.41) is 24.4. The molecule has 0 radical (unpaired) electrons. The minimum atomic E-state index is -0.418. The molecule has 0 spiro atoms. The molecule has 0 fully saturated rings. The molecule has 4 aromatic rings. The standard InChI is InChI=1S/C23H16ClN3O3/c24-16-8-5-14(6-9-16)21-12-19(18-3-1-2-4-20(18)26-21)23(30)27-25-13-15-7-10-17(28)11-22(15)29/h1-13,28-29H,(H,27,30)/b25-13-. The van der Waals surface area contributed by atoms with Gasteiger partial charge in [0.1, 0.15) is 11.5 Å². The van der Waals surface area contributed by atoms with Crippen molar-refractivity contribution >= 4 is 34.6 Å². The van der Waals surface area contributed by atoms with E-state index in [0.717, 1.165) is 5.56 Å². The Balaban J connectivity index is 1.67. The predicted octanol–water partition coefficient (Wildman–Crippen LogP) is 4.73. The van der Waals surface area contributed by atoms with Crippen molar-refractivity contribution in [2.45, 2.75) is 0 Å². The van der Waals surface area contributed by atoms with Gasteiger partial charge in [0.05, 0.1) is 23.0 Å². The second-order valence-electron chi connectivity index (χ2n) is 6.52. The molecule has 0 saturated carbocycles. The number of nitrogens with zero attached hydrogens (tertiary/aromatic N) is 2. The molecule has 0 saturated heterocycles. The van der Waals surface area contributed by atoms with Crippen LogP contribution in [0.3, 0.4) is 0 Å². The number of halogens is 1. The first-order valence-corrected chi connectivity index (χ1v) is 9.40. The van der Waals surface area contributed by atoms with Crippen molar-refractivity contribution < 1.29 is 15.0 Å². The third-order valence-corrected chi connectivity index (χ3v) is 4.74. The highest BCUT2D eigenvalue weighted by Gasteiger charge is 2.13. The summed E-state index contributed by atoms with van der Waals surface area (Å²) in [6, 6.07) is 20.4. The molecule has 0 atom stereocenters. The van der Waals surface area contributed by atoms with E-state index < -0.39 is 5.91 Å². The van der Waals surface area contributed by atoms with Crippen LogP contribution in [0.15, 0.2) is 77.9 Å². The largest absolute Gasteiger partial charge is 0.508 e. The van der Waals surface area contributed by atoms with Gasteiger partial charge in [-0.1, -0.05) is 41.9 Å². The van der Waals surface area contributed by atoms with Gasteiger partial charge in [0.2, 0.25) is 0 Å². The van der Waals surface area contributed by atoms with E-state index in [4.69, 9.17) is 11.6 Å². The second-order valence-corrected chi connectivity index (χ2v) is 6.96. The highest BCUT2D eigenvalue weighted by Crippen LogP contribution is 2.26. The summed E-state index contributed by atoms with van der Waals surface area (Å²) in [6.07, 6.45) is 1.30. The number of phenolic OH excluding ortho intramolecular Hbond substituents is 2. The highest BCUT2D eigenvalue weighted by atomic mass is 35.5. The smallest absolute Gasteiger partial charge is 0.272 e. The summed E-state index contributed by atoms with van der Waals surface area (Å²) in [6.45, 7) is 0. The fourth-order valence-electron chi connectivity index (χ4n) is 2.99. The molecule has 30 heavy (non-hydrogen) atoms. The Hall–Kier alpha value is -3.90. The maximum absolute atomic E-state index is 12.8. The topological polar surface area (TPSA) is 94.8 Å². The summed E-state index contributed by atoms with van der Waals surface area (Å²) < 4.78 is 0. The van der Waals surface area contributed by atoms with Crippen LogP contribution in [0.2, 0.25) is 5.02 Å². The molecular formula is C23H16ClN3O3. The number of fused-ring (bicyclic) bond motifs is 1. The zero-order valence-electron chi connectivity index (χ0n) is 15.6. The molecule has 0 aliphatic heterocycles. The van der Waals surface area contributed by atoms with E-state index in [9.17, 15) is 15.0 Å². The predicted molar refractivity (Wildman–Crippen MR) is 117 cm³/mol. The summed E-state index contributed by atoms with van der Waals surface area (Å²) in [4.78, 5) is 17.5.